The Labute approximate surface area is 186 Å². The van der Waals surface area contributed by atoms with E-state index in [9.17, 15) is 19.2 Å². The van der Waals surface area contributed by atoms with Crippen LogP contribution in [0.4, 0.5) is 0 Å². The fraction of sp³-hybridized carbons (Fsp3) is 0.565. The second-order valence-corrected chi connectivity index (χ2v) is 8.33. The van der Waals surface area contributed by atoms with Gasteiger partial charge in [0.25, 0.3) is 0 Å². The maximum Gasteiger partial charge on any atom is 0.337 e. The normalized spacial score (nSPS) is 36.0. The van der Waals surface area contributed by atoms with E-state index in [2.05, 4.69) is 6.58 Å². The highest BCUT2D eigenvalue weighted by molar-refractivity contribution is 5.93. The third kappa shape index (κ3) is 4.34. The van der Waals surface area contributed by atoms with Gasteiger partial charge in [0.2, 0.25) is 0 Å². The molecule has 0 aromatic rings. The summed E-state index contributed by atoms with van der Waals surface area (Å²) in [6.45, 7) is 10.1. The van der Waals surface area contributed by atoms with E-state index in [1.165, 1.54) is 14.0 Å². The molecule has 0 spiro atoms. The van der Waals surface area contributed by atoms with Crippen LogP contribution in [-0.4, -0.2) is 61.0 Å². The average molecular weight is 448 g/mol. The van der Waals surface area contributed by atoms with Crippen molar-refractivity contribution in [2.24, 2.45) is 5.92 Å². The zero-order valence-corrected chi connectivity index (χ0v) is 18.8. The van der Waals surface area contributed by atoms with Gasteiger partial charge >= 0.3 is 23.9 Å². The molecule has 0 saturated carbocycles. The lowest BCUT2D eigenvalue weighted by Crippen LogP contribution is -2.48. The van der Waals surface area contributed by atoms with Gasteiger partial charge in [-0.25, -0.2) is 14.4 Å². The molecule has 9 heteroatoms. The summed E-state index contributed by atoms with van der Waals surface area (Å²) >= 11 is 0. The van der Waals surface area contributed by atoms with Gasteiger partial charge in [0.05, 0.1) is 24.2 Å². The highest BCUT2D eigenvalue weighted by atomic mass is 16.7. The van der Waals surface area contributed by atoms with Crippen LogP contribution in [0.3, 0.4) is 0 Å². The van der Waals surface area contributed by atoms with E-state index >= 15 is 0 Å². The second-order valence-electron chi connectivity index (χ2n) is 8.33. The lowest BCUT2D eigenvalue weighted by atomic mass is 9.80. The maximum atomic E-state index is 12.8. The summed E-state index contributed by atoms with van der Waals surface area (Å²) in [5.74, 6) is -3.71. The number of epoxide rings is 1. The summed E-state index contributed by atoms with van der Waals surface area (Å²) in [6.07, 6.45) is 0.190. The number of allylic oxidation sites excluding steroid dienone is 2. The molecule has 2 heterocycles. The van der Waals surface area contributed by atoms with Crippen molar-refractivity contribution in [1.82, 2.24) is 0 Å². The minimum Gasteiger partial charge on any atom is -0.466 e. The number of methoxy groups -OCH3 is 1. The van der Waals surface area contributed by atoms with Crippen molar-refractivity contribution >= 4 is 23.9 Å². The van der Waals surface area contributed by atoms with Crippen molar-refractivity contribution in [3.63, 3.8) is 0 Å². The monoisotopic (exact) mass is 448 g/mol. The Kier molecular flexibility index (Phi) is 6.59. The summed E-state index contributed by atoms with van der Waals surface area (Å²) in [5, 5.41) is 0. The molecular formula is C23H28O9. The first-order valence-corrected chi connectivity index (χ1v) is 10.4. The quantitative estimate of drug-likeness (QED) is 0.275. The van der Waals surface area contributed by atoms with Gasteiger partial charge in [-0.05, 0) is 33.6 Å². The van der Waals surface area contributed by atoms with Crippen LogP contribution >= 0.6 is 0 Å². The summed E-state index contributed by atoms with van der Waals surface area (Å²) < 4.78 is 27.6. The van der Waals surface area contributed by atoms with Crippen molar-refractivity contribution < 1.29 is 42.9 Å². The fourth-order valence-corrected chi connectivity index (χ4v) is 4.21. The van der Waals surface area contributed by atoms with E-state index in [1.807, 2.05) is 6.92 Å². The fourth-order valence-electron chi connectivity index (χ4n) is 4.21. The Hall–Kier alpha value is -2.94. The van der Waals surface area contributed by atoms with E-state index < -0.39 is 59.8 Å². The molecule has 1 aliphatic carbocycles. The van der Waals surface area contributed by atoms with E-state index in [4.69, 9.17) is 23.7 Å². The Morgan fingerprint density at radius 3 is 2.53 bits per heavy atom. The number of carbonyl (C=O) groups is 4. The molecule has 9 nitrogen and oxygen atoms in total. The summed E-state index contributed by atoms with van der Waals surface area (Å²) in [7, 11) is 1.20. The van der Waals surface area contributed by atoms with E-state index in [0.717, 1.165) is 0 Å². The summed E-state index contributed by atoms with van der Waals surface area (Å²) in [6, 6.07) is 0. The smallest absolute Gasteiger partial charge is 0.337 e. The first-order valence-electron chi connectivity index (χ1n) is 10.4. The molecule has 0 amide bonds. The predicted molar refractivity (Wildman–Crippen MR) is 110 cm³/mol. The predicted octanol–water partition coefficient (Wildman–Crippen LogP) is 1.94. The molecule has 2 fully saturated rings. The standard InChI is InChI=1S/C23H28O9/c1-7-11(2)20(25)30-17-15-12(3)21(26)31-18(15)19-23(5,32-19)10-8-9-14(22(27)28-6)16(17)29-13(4)24/h7,9,15-19H,3,8,10H2,1-2,4-6H3/b11-7+,14-9+/t15-,16?,17-,18+,19-,23-/m1/s1. The minimum absolute atomic E-state index is 0.00669. The Morgan fingerprint density at radius 2 is 1.94 bits per heavy atom. The number of fused-ring (bicyclic) bond motifs is 3. The molecular weight excluding hydrogens is 420 g/mol. The van der Waals surface area contributed by atoms with E-state index in [0.29, 0.717) is 18.4 Å². The van der Waals surface area contributed by atoms with Crippen molar-refractivity contribution in [2.45, 2.75) is 70.6 Å². The molecule has 174 valence electrons. The van der Waals surface area contributed by atoms with Crippen LogP contribution in [0.5, 0.6) is 0 Å². The molecule has 3 rings (SSSR count). The van der Waals surface area contributed by atoms with Gasteiger partial charge < -0.3 is 23.7 Å². The van der Waals surface area contributed by atoms with Gasteiger partial charge in [-0.15, -0.1) is 0 Å². The summed E-state index contributed by atoms with van der Waals surface area (Å²) in [5.41, 5.74) is -0.238. The van der Waals surface area contributed by atoms with Crippen molar-refractivity contribution in [3.05, 3.63) is 35.5 Å². The summed E-state index contributed by atoms with van der Waals surface area (Å²) in [4.78, 5) is 49.9. The van der Waals surface area contributed by atoms with Crippen LogP contribution in [0.15, 0.2) is 35.5 Å². The van der Waals surface area contributed by atoms with Gasteiger partial charge in [0.15, 0.2) is 12.2 Å². The van der Waals surface area contributed by atoms with Crippen molar-refractivity contribution in [3.8, 4) is 0 Å². The molecule has 2 saturated heterocycles. The number of hydrogen-bond donors (Lipinski definition) is 0. The number of esters is 4. The lowest BCUT2D eigenvalue weighted by molar-refractivity contribution is -0.168. The van der Waals surface area contributed by atoms with Crippen LogP contribution < -0.4 is 0 Å². The number of hydrogen-bond acceptors (Lipinski definition) is 9. The Bertz CT molecular complexity index is 914. The molecule has 1 unspecified atom stereocenters. The van der Waals surface area contributed by atoms with Crippen LogP contribution in [0.1, 0.15) is 40.5 Å². The number of rotatable bonds is 4. The zero-order chi connectivity index (χ0) is 23.8. The van der Waals surface area contributed by atoms with Crippen molar-refractivity contribution in [1.29, 1.82) is 0 Å². The third-order valence-corrected chi connectivity index (χ3v) is 6.18. The molecule has 0 N–H and O–H groups in total. The molecule has 2 aliphatic heterocycles. The topological polar surface area (TPSA) is 118 Å². The molecule has 6 atom stereocenters. The van der Waals surface area contributed by atoms with Gasteiger partial charge in [-0.2, -0.15) is 0 Å². The van der Waals surface area contributed by atoms with Crippen LogP contribution in [0, 0.1) is 5.92 Å². The molecule has 0 aromatic carbocycles. The highest BCUT2D eigenvalue weighted by Crippen LogP contribution is 2.50. The molecule has 3 aliphatic rings. The molecule has 0 aromatic heterocycles. The third-order valence-electron chi connectivity index (χ3n) is 6.18. The van der Waals surface area contributed by atoms with E-state index in [1.54, 1.807) is 26.0 Å². The highest BCUT2D eigenvalue weighted by Gasteiger charge is 2.64. The second kappa shape index (κ2) is 8.90. The first kappa shape index (κ1) is 23.7. The lowest BCUT2D eigenvalue weighted by Gasteiger charge is -2.33. The van der Waals surface area contributed by atoms with Gasteiger partial charge in [0.1, 0.15) is 12.2 Å². The van der Waals surface area contributed by atoms with Gasteiger partial charge in [-0.1, -0.05) is 18.7 Å². The minimum atomic E-state index is -1.34. The SMILES string of the molecule is C=C1C(=O)O[C@H]2[C@H]1[C@@H](OC(=O)/C(C)=C/C)C(OC(C)=O)/C(C(=O)OC)=C\CC[C@@]1(C)O[C@H]21. The van der Waals surface area contributed by atoms with Gasteiger partial charge in [0, 0.05) is 18.1 Å². The largest absolute Gasteiger partial charge is 0.466 e. The van der Waals surface area contributed by atoms with Crippen molar-refractivity contribution in [2.75, 3.05) is 7.11 Å². The van der Waals surface area contributed by atoms with Gasteiger partial charge in [-0.3, -0.25) is 4.79 Å². The zero-order valence-electron chi connectivity index (χ0n) is 18.8. The Morgan fingerprint density at radius 1 is 1.25 bits per heavy atom. The molecule has 0 radical (unpaired) electrons. The maximum absolute atomic E-state index is 12.8. The van der Waals surface area contributed by atoms with E-state index in [-0.39, 0.29) is 11.1 Å². The Balaban J connectivity index is 2.17. The van der Waals surface area contributed by atoms with Crippen LogP contribution in [0.2, 0.25) is 0 Å². The van der Waals surface area contributed by atoms with Crippen LogP contribution in [-0.2, 0) is 42.9 Å². The first-order chi connectivity index (χ1) is 15.0. The number of ether oxygens (including phenoxy) is 5. The average Bonchev–Trinajstić information content (AvgIpc) is 3.33. The van der Waals surface area contributed by atoms with Crippen LogP contribution in [0.25, 0.3) is 0 Å². The molecule has 0 bridgehead atoms. The number of carbonyl (C=O) groups excluding carboxylic acids is 4. The molecule has 32 heavy (non-hydrogen) atoms.